The highest BCUT2D eigenvalue weighted by Gasteiger charge is 2.25. The number of anilines is 3. The van der Waals surface area contributed by atoms with Crippen molar-refractivity contribution in [2.24, 2.45) is 5.92 Å². The summed E-state index contributed by atoms with van der Waals surface area (Å²) in [6.07, 6.45) is 3.99. The SMILES string of the molecule is CNC(=O)c1nnc(NC(=O)CC2CC2)cc1Nc1nccc(-c2noc(CO)n2)c1OC. The van der Waals surface area contributed by atoms with Crippen LogP contribution in [0, 0.1) is 5.92 Å². The van der Waals surface area contributed by atoms with Crippen molar-refractivity contribution in [3.05, 3.63) is 29.9 Å². The van der Waals surface area contributed by atoms with Crippen LogP contribution in [0.25, 0.3) is 11.4 Å². The number of methoxy groups -OCH3 is 1. The molecule has 0 bridgehead atoms. The summed E-state index contributed by atoms with van der Waals surface area (Å²) in [7, 11) is 2.90. The number of nitrogens with zero attached hydrogens (tertiary/aromatic N) is 5. The van der Waals surface area contributed by atoms with Gasteiger partial charge in [-0.05, 0) is 24.8 Å². The Bertz CT molecular complexity index is 1180. The summed E-state index contributed by atoms with van der Waals surface area (Å²) in [5.41, 5.74) is 0.687. The summed E-state index contributed by atoms with van der Waals surface area (Å²) in [4.78, 5) is 32.9. The largest absolute Gasteiger partial charge is 0.492 e. The van der Waals surface area contributed by atoms with Gasteiger partial charge in [0.1, 0.15) is 6.61 Å². The van der Waals surface area contributed by atoms with Crippen LogP contribution in [0.5, 0.6) is 5.75 Å². The molecule has 13 heteroatoms. The molecule has 0 aromatic carbocycles. The Morgan fingerprint density at radius 3 is 2.79 bits per heavy atom. The van der Waals surface area contributed by atoms with Crippen molar-refractivity contribution in [2.45, 2.75) is 25.9 Å². The summed E-state index contributed by atoms with van der Waals surface area (Å²) in [6.45, 7) is -0.404. The highest BCUT2D eigenvalue weighted by molar-refractivity contribution is 5.99. The molecule has 0 spiro atoms. The van der Waals surface area contributed by atoms with Crippen LogP contribution in [0.4, 0.5) is 17.3 Å². The third-order valence-corrected chi connectivity index (χ3v) is 4.88. The standard InChI is InChI=1S/C20H22N8O5/c1-21-20(31)16-12(8-13(26-27-16)24-14(30)7-10-3-4-10)23-19-17(32-2)11(5-6-22-19)18-25-15(9-29)33-28-18/h5-6,8,10,29H,3-4,7,9H2,1-2H3,(H,21,31)(H2,22,23,24,26,30). The number of aliphatic hydroxyl groups excluding tert-OH is 1. The number of hydrogen-bond acceptors (Lipinski definition) is 11. The van der Waals surface area contributed by atoms with Gasteiger partial charge in [0.05, 0.1) is 18.4 Å². The highest BCUT2D eigenvalue weighted by atomic mass is 16.5. The fraction of sp³-hybridized carbons (Fsp3) is 0.350. The second-order valence-electron chi connectivity index (χ2n) is 7.30. The normalized spacial score (nSPS) is 12.8. The van der Waals surface area contributed by atoms with E-state index in [9.17, 15) is 14.7 Å². The lowest BCUT2D eigenvalue weighted by atomic mass is 10.2. The van der Waals surface area contributed by atoms with Gasteiger partial charge in [0.15, 0.2) is 23.1 Å². The van der Waals surface area contributed by atoms with Gasteiger partial charge in [-0.1, -0.05) is 5.16 Å². The summed E-state index contributed by atoms with van der Waals surface area (Å²) in [5.74, 6) is 0.686. The average molecular weight is 454 g/mol. The van der Waals surface area contributed by atoms with Crippen molar-refractivity contribution >= 4 is 29.1 Å². The zero-order valence-electron chi connectivity index (χ0n) is 18.0. The second kappa shape index (κ2) is 9.56. The second-order valence-corrected chi connectivity index (χ2v) is 7.30. The van der Waals surface area contributed by atoms with Gasteiger partial charge in [0, 0.05) is 25.7 Å². The number of carbonyl (C=O) groups excluding carboxylic acids is 2. The minimum atomic E-state index is -0.485. The Morgan fingerprint density at radius 2 is 2.12 bits per heavy atom. The van der Waals surface area contributed by atoms with Crippen molar-refractivity contribution in [2.75, 3.05) is 24.8 Å². The topological polar surface area (TPSA) is 177 Å². The zero-order valence-corrected chi connectivity index (χ0v) is 18.0. The summed E-state index contributed by atoms with van der Waals surface area (Å²) >= 11 is 0. The third kappa shape index (κ3) is 5.03. The average Bonchev–Trinajstić information content (AvgIpc) is 3.50. The Hall–Kier alpha value is -4.13. The van der Waals surface area contributed by atoms with E-state index in [1.807, 2.05) is 0 Å². The molecule has 33 heavy (non-hydrogen) atoms. The third-order valence-electron chi connectivity index (χ3n) is 4.88. The zero-order chi connectivity index (χ0) is 23.4. The van der Waals surface area contributed by atoms with Crippen molar-refractivity contribution in [1.29, 1.82) is 0 Å². The lowest BCUT2D eigenvalue weighted by Crippen LogP contribution is -2.22. The maximum atomic E-state index is 12.3. The monoisotopic (exact) mass is 454 g/mol. The number of rotatable bonds is 9. The Balaban J connectivity index is 1.67. The molecule has 1 fully saturated rings. The van der Waals surface area contributed by atoms with Gasteiger partial charge in [-0.15, -0.1) is 10.2 Å². The van der Waals surface area contributed by atoms with Gasteiger partial charge in [-0.3, -0.25) is 9.59 Å². The number of aromatic nitrogens is 5. The first-order valence-electron chi connectivity index (χ1n) is 10.2. The van der Waals surface area contributed by atoms with Crippen LogP contribution in [-0.2, 0) is 11.4 Å². The molecule has 0 radical (unpaired) electrons. The molecule has 0 atom stereocenters. The van der Waals surface area contributed by atoms with Crippen LogP contribution in [0.1, 0.15) is 35.6 Å². The number of nitrogens with one attached hydrogen (secondary N) is 3. The van der Waals surface area contributed by atoms with E-state index in [2.05, 4.69) is 41.3 Å². The van der Waals surface area contributed by atoms with Crippen molar-refractivity contribution in [1.82, 2.24) is 30.6 Å². The van der Waals surface area contributed by atoms with Gasteiger partial charge < -0.3 is 30.3 Å². The van der Waals surface area contributed by atoms with E-state index >= 15 is 0 Å². The molecule has 1 aliphatic rings. The molecule has 4 N–H and O–H groups in total. The molecule has 3 aromatic rings. The summed E-state index contributed by atoms with van der Waals surface area (Å²) in [6, 6.07) is 3.11. The quantitative estimate of drug-likeness (QED) is 0.366. The van der Waals surface area contributed by atoms with Crippen LogP contribution < -0.4 is 20.7 Å². The Kier molecular flexibility index (Phi) is 6.40. The first-order valence-corrected chi connectivity index (χ1v) is 10.2. The van der Waals surface area contributed by atoms with Gasteiger partial charge in [0.25, 0.3) is 11.8 Å². The number of hydrogen-bond donors (Lipinski definition) is 4. The van der Waals surface area contributed by atoms with E-state index in [0.29, 0.717) is 17.9 Å². The smallest absolute Gasteiger partial charge is 0.273 e. The van der Waals surface area contributed by atoms with Crippen molar-refractivity contribution in [3.63, 3.8) is 0 Å². The van der Waals surface area contributed by atoms with Gasteiger partial charge in [-0.2, -0.15) is 4.98 Å². The van der Waals surface area contributed by atoms with E-state index in [-0.39, 0.29) is 46.4 Å². The fourth-order valence-corrected chi connectivity index (χ4v) is 3.09. The highest BCUT2D eigenvalue weighted by Crippen LogP contribution is 2.36. The maximum Gasteiger partial charge on any atom is 0.273 e. The lowest BCUT2D eigenvalue weighted by molar-refractivity contribution is -0.116. The molecule has 172 valence electrons. The van der Waals surface area contributed by atoms with Gasteiger partial charge in [-0.25, -0.2) is 4.98 Å². The van der Waals surface area contributed by atoms with E-state index in [4.69, 9.17) is 9.26 Å². The molecule has 13 nitrogen and oxygen atoms in total. The van der Waals surface area contributed by atoms with E-state index in [1.165, 1.54) is 26.4 Å². The van der Waals surface area contributed by atoms with Crippen LogP contribution >= 0.6 is 0 Å². The number of amides is 2. The molecular formula is C20H22N8O5. The summed E-state index contributed by atoms with van der Waals surface area (Å²) in [5, 5.41) is 29.2. The van der Waals surface area contributed by atoms with Crippen LogP contribution in [0.3, 0.4) is 0 Å². The first kappa shape index (κ1) is 22.1. The fourth-order valence-electron chi connectivity index (χ4n) is 3.09. The predicted molar refractivity (Wildman–Crippen MR) is 115 cm³/mol. The number of pyridine rings is 1. The minimum Gasteiger partial charge on any atom is -0.492 e. The van der Waals surface area contributed by atoms with Crippen LogP contribution in [0.2, 0.25) is 0 Å². The molecule has 3 aromatic heterocycles. The molecule has 0 aliphatic heterocycles. The van der Waals surface area contributed by atoms with E-state index in [1.54, 1.807) is 6.07 Å². The molecule has 1 aliphatic carbocycles. The number of ether oxygens (including phenoxy) is 1. The Labute approximate surface area is 188 Å². The molecule has 0 unspecified atom stereocenters. The molecule has 1 saturated carbocycles. The summed E-state index contributed by atoms with van der Waals surface area (Å²) < 4.78 is 10.5. The van der Waals surface area contributed by atoms with Crippen molar-refractivity contribution in [3.8, 4) is 17.1 Å². The molecule has 3 heterocycles. The van der Waals surface area contributed by atoms with Gasteiger partial charge >= 0.3 is 0 Å². The molecule has 2 amide bonds. The van der Waals surface area contributed by atoms with Gasteiger partial charge in [0.2, 0.25) is 11.7 Å². The van der Waals surface area contributed by atoms with E-state index in [0.717, 1.165) is 12.8 Å². The number of carbonyl (C=O) groups is 2. The molecular weight excluding hydrogens is 432 g/mol. The minimum absolute atomic E-state index is 0.00549. The van der Waals surface area contributed by atoms with Crippen LogP contribution in [0.15, 0.2) is 22.9 Å². The van der Waals surface area contributed by atoms with E-state index < -0.39 is 12.5 Å². The lowest BCUT2D eigenvalue weighted by Gasteiger charge is -2.15. The first-order chi connectivity index (χ1) is 16.0. The predicted octanol–water partition coefficient (Wildman–Crippen LogP) is 1.26. The molecule has 4 rings (SSSR count). The number of aliphatic hydroxyl groups is 1. The Morgan fingerprint density at radius 1 is 1.30 bits per heavy atom. The maximum absolute atomic E-state index is 12.3. The van der Waals surface area contributed by atoms with Crippen molar-refractivity contribution < 1.29 is 24.0 Å². The van der Waals surface area contributed by atoms with Crippen LogP contribution in [-0.4, -0.2) is 56.4 Å². The molecule has 0 saturated heterocycles.